The average molecular weight is 262 g/mol. The summed E-state index contributed by atoms with van der Waals surface area (Å²) in [5.74, 6) is 0.620. The summed E-state index contributed by atoms with van der Waals surface area (Å²) in [4.78, 5) is 4.24. The Hall–Kier alpha value is -3.07. The first-order valence-corrected chi connectivity index (χ1v) is 6.03. The molecule has 0 atom stereocenters. The minimum Gasteiger partial charge on any atom is -0.253 e. The molecule has 2 heterocycles. The second-order valence-corrected chi connectivity index (χ2v) is 4.18. The monoisotopic (exact) mass is 262 g/mol. The lowest BCUT2D eigenvalue weighted by molar-refractivity contribution is 0.652. The van der Waals surface area contributed by atoms with E-state index >= 15 is 0 Å². The van der Waals surface area contributed by atoms with Crippen molar-refractivity contribution in [3.05, 3.63) is 59.8 Å². The van der Waals surface area contributed by atoms with E-state index in [1.54, 1.807) is 23.0 Å². The highest BCUT2D eigenvalue weighted by Crippen LogP contribution is 2.13. The lowest BCUT2D eigenvalue weighted by atomic mass is 10.1. The maximum Gasteiger partial charge on any atom is 0.200 e. The fraction of sp³-hybridized carbons (Fsp3) is 0.0714. The molecule has 0 amide bonds. The summed E-state index contributed by atoms with van der Waals surface area (Å²) >= 11 is 0. The number of hydrogen-bond acceptors (Lipinski definition) is 5. The minimum atomic E-state index is 0.532. The minimum absolute atomic E-state index is 0.532. The first-order chi connectivity index (χ1) is 9.86. The van der Waals surface area contributed by atoms with E-state index in [0.29, 0.717) is 17.9 Å². The number of aromatic nitrogens is 5. The summed E-state index contributed by atoms with van der Waals surface area (Å²) in [6.07, 6.45) is 1.70. The van der Waals surface area contributed by atoms with Gasteiger partial charge in [-0.05, 0) is 40.3 Å². The van der Waals surface area contributed by atoms with Crippen molar-refractivity contribution in [3.8, 4) is 17.6 Å². The van der Waals surface area contributed by atoms with Crippen molar-refractivity contribution >= 4 is 0 Å². The average Bonchev–Trinajstić information content (AvgIpc) is 2.97. The molecule has 96 valence electrons. The Bertz CT molecular complexity index is 739. The maximum absolute atomic E-state index is 8.78. The first-order valence-electron chi connectivity index (χ1n) is 6.03. The van der Waals surface area contributed by atoms with Crippen LogP contribution in [0.25, 0.3) is 11.5 Å². The molecule has 3 aromatic rings. The zero-order valence-electron chi connectivity index (χ0n) is 10.5. The van der Waals surface area contributed by atoms with Gasteiger partial charge in [0.05, 0.1) is 18.2 Å². The molecular weight excluding hydrogens is 252 g/mol. The summed E-state index contributed by atoms with van der Waals surface area (Å²) in [5, 5.41) is 20.5. The number of hydrogen-bond donors (Lipinski definition) is 0. The third-order valence-electron chi connectivity index (χ3n) is 2.84. The molecule has 0 unspecified atom stereocenters. The largest absolute Gasteiger partial charge is 0.253 e. The fourth-order valence-corrected chi connectivity index (χ4v) is 1.85. The number of pyridine rings is 1. The van der Waals surface area contributed by atoms with E-state index in [9.17, 15) is 0 Å². The highest BCUT2D eigenvalue weighted by molar-refractivity contribution is 5.47. The van der Waals surface area contributed by atoms with E-state index in [0.717, 1.165) is 11.3 Å². The SMILES string of the molecule is N#Cc1ccc(Cn2nnnc2-c2ccccn2)cc1. The predicted octanol–water partition coefficient (Wildman–Crippen LogP) is 1.66. The summed E-state index contributed by atoms with van der Waals surface area (Å²) in [7, 11) is 0. The smallest absolute Gasteiger partial charge is 0.200 e. The molecule has 0 bridgehead atoms. The molecule has 0 aliphatic rings. The second-order valence-electron chi connectivity index (χ2n) is 4.18. The van der Waals surface area contributed by atoms with Crippen LogP contribution >= 0.6 is 0 Å². The summed E-state index contributed by atoms with van der Waals surface area (Å²) in [6, 6.07) is 15.0. The normalized spacial score (nSPS) is 10.2. The molecule has 3 rings (SSSR count). The van der Waals surface area contributed by atoms with Crippen LogP contribution in [0.3, 0.4) is 0 Å². The van der Waals surface area contributed by atoms with Crippen LogP contribution in [0.4, 0.5) is 0 Å². The molecule has 0 saturated carbocycles. The second kappa shape index (κ2) is 5.28. The van der Waals surface area contributed by atoms with Crippen LogP contribution in [0.15, 0.2) is 48.7 Å². The molecule has 0 saturated heterocycles. The number of tetrazole rings is 1. The summed E-state index contributed by atoms with van der Waals surface area (Å²) < 4.78 is 1.68. The Morgan fingerprint density at radius 2 is 1.95 bits per heavy atom. The molecule has 0 N–H and O–H groups in total. The van der Waals surface area contributed by atoms with Gasteiger partial charge in [-0.15, -0.1) is 5.10 Å². The van der Waals surface area contributed by atoms with Crippen molar-refractivity contribution in [2.24, 2.45) is 0 Å². The van der Waals surface area contributed by atoms with Gasteiger partial charge < -0.3 is 0 Å². The van der Waals surface area contributed by atoms with Crippen molar-refractivity contribution in [3.63, 3.8) is 0 Å². The number of nitriles is 1. The van der Waals surface area contributed by atoms with Gasteiger partial charge in [0.15, 0.2) is 0 Å². The van der Waals surface area contributed by atoms with E-state index in [-0.39, 0.29) is 0 Å². The fourth-order valence-electron chi connectivity index (χ4n) is 1.85. The van der Waals surface area contributed by atoms with Crippen molar-refractivity contribution < 1.29 is 0 Å². The Morgan fingerprint density at radius 3 is 2.65 bits per heavy atom. The molecule has 0 fully saturated rings. The molecule has 2 aromatic heterocycles. The van der Waals surface area contributed by atoms with Crippen molar-refractivity contribution in [2.45, 2.75) is 6.54 Å². The van der Waals surface area contributed by atoms with Gasteiger partial charge in [0.1, 0.15) is 5.69 Å². The summed E-state index contributed by atoms with van der Waals surface area (Å²) in [5.41, 5.74) is 2.38. The van der Waals surface area contributed by atoms with Gasteiger partial charge in [0, 0.05) is 6.20 Å². The zero-order chi connectivity index (χ0) is 13.8. The van der Waals surface area contributed by atoms with Crippen LogP contribution in [0.2, 0.25) is 0 Å². The van der Waals surface area contributed by atoms with Crippen LogP contribution in [0.5, 0.6) is 0 Å². The number of rotatable bonds is 3. The van der Waals surface area contributed by atoms with Crippen LogP contribution < -0.4 is 0 Å². The molecule has 1 aromatic carbocycles. The Balaban J connectivity index is 1.89. The highest BCUT2D eigenvalue weighted by atomic mass is 15.5. The molecular formula is C14H10N6. The standard InChI is InChI=1S/C14H10N6/c15-9-11-4-6-12(7-5-11)10-20-14(17-18-19-20)13-3-1-2-8-16-13/h1-8H,10H2. The van der Waals surface area contributed by atoms with E-state index in [2.05, 4.69) is 26.6 Å². The van der Waals surface area contributed by atoms with Crippen molar-refractivity contribution in [2.75, 3.05) is 0 Å². The quantitative estimate of drug-likeness (QED) is 0.717. The maximum atomic E-state index is 8.78. The van der Waals surface area contributed by atoms with Crippen LogP contribution in [-0.2, 0) is 6.54 Å². The van der Waals surface area contributed by atoms with Gasteiger partial charge in [-0.3, -0.25) is 4.98 Å². The lowest BCUT2D eigenvalue weighted by Gasteiger charge is -2.04. The lowest BCUT2D eigenvalue weighted by Crippen LogP contribution is -2.05. The van der Waals surface area contributed by atoms with Gasteiger partial charge >= 0.3 is 0 Å². The number of benzene rings is 1. The molecule has 20 heavy (non-hydrogen) atoms. The van der Waals surface area contributed by atoms with E-state index < -0.39 is 0 Å². The van der Waals surface area contributed by atoms with E-state index in [1.807, 2.05) is 30.3 Å². The van der Waals surface area contributed by atoms with Crippen LogP contribution in [0.1, 0.15) is 11.1 Å². The molecule has 0 spiro atoms. The van der Waals surface area contributed by atoms with Gasteiger partial charge in [0.2, 0.25) is 5.82 Å². The Labute approximate surface area is 115 Å². The highest BCUT2D eigenvalue weighted by Gasteiger charge is 2.09. The first kappa shape index (κ1) is 12.0. The van der Waals surface area contributed by atoms with Crippen LogP contribution in [0, 0.1) is 11.3 Å². The van der Waals surface area contributed by atoms with Crippen molar-refractivity contribution in [1.82, 2.24) is 25.2 Å². The third-order valence-corrected chi connectivity index (χ3v) is 2.84. The van der Waals surface area contributed by atoms with Crippen molar-refractivity contribution in [1.29, 1.82) is 5.26 Å². The van der Waals surface area contributed by atoms with Crippen LogP contribution in [-0.4, -0.2) is 25.2 Å². The third kappa shape index (κ3) is 2.37. The molecule has 0 aliphatic heterocycles. The topological polar surface area (TPSA) is 80.3 Å². The van der Waals surface area contributed by atoms with Gasteiger partial charge in [-0.25, -0.2) is 4.68 Å². The van der Waals surface area contributed by atoms with E-state index in [4.69, 9.17) is 5.26 Å². The molecule has 0 radical (unpaired) electrons. The predicted molar refractivity (Wildman–Crippen MR) is 71.3 cm³/mol. The van der Waals surface area contributed by atoms with E-state index in [1.165, 1.54) is 0 Å². The van der Waals surface area contributed by atoms with Gasteiger partial charge in [-0.2, -0.15) is 5.26 Å². The number of nitrogens with zero attached hydrogens (tertiary/aromatic N) is 6. The Morgan fingerprint density at radius 1 is 1.10 bits per heavy atom. The van der Waals surface area contributed by atoms with Gasteiger partial charge in [-0.1, -0.05) is 18.2 Å². The summed E-state index contributed by atoms with van der Waals surface area (Å²) in [6.45, 7) is 0.532. The zero-order valence-corrected chi connectivity index (χ0v) is 10.5. The Kier molecular flexibility index (Phi) is 3.17. The molecule has 6 nitrogen and oxygen atoms in total. The molecule has 6 heteroatoms. The van der Waals surface area contributed by atoms with Gasteiger partial charge in [0.25, 0.3) is 0 Å². The molecule has 0 aliphatic carbocycles.